The number of nitrogens with zero attached hydrogens (tertiary/aromatic N) is 1. The summed E-state index contributed by atoms with van der Waals surface area (Å²) in [6.07, 6.45) is 1.40. The number of rotatable bonds is 4. The molecule has 0 spiro atoms. The van der Waals surface area contributed by atoms with Crippen LogP contribution in [0.5, 0.6) is 0 Å². The molecular formula is C20H11BrCl2N2O3. The molecule has 0 aliphatic rings. The number of fused-ring (bicyclic) bond motifs is 1. The standard InChI is InChI=1S/C20H11BrCl2N2O3/c21-15-4-1-11(8-16(15)23)17-6-3-14(27-17)10-24-25-20(26)19-9-12-7-13(22)2-5-18(12)28-19/h1-10H,(H,25,26)/b24-10+. The Morgan fingerprint density at radius 2 is 1.89 bits per heavy atom. The van der Waals surface area contributed by atoms with Crippen LogP contribution in [0.1, 0.15) is 16.3 Å². The van der Waals surface area contributed by atoms with Gasteiger partial charge in [0.1, 0.15) is 17.1 Å². The fraction of sp³-hybridized carbons (Fsp3) is 0. The summed E-state index contributed by atoms with van der Waals surface area (Å²) in [6, 6.07) is 15.8. The second-order valence-corrected chi connectivity index (χ2v) is 7.52. The summed E-state index contributed by atoms with van der Waals surface area (Å²) in [5.41, 5.74) is 3.81. The van der Waals surface area contributed by atoms with Gasteiger partial charge >= 0.3 is 5.91 Å². The number of halogens is 3. The summed E-state index contributed by atoms with van der Waals surface area (Å²) in [4.78, 5) is 12.2. The third-order valence-corrected chi connectivity index (χ3v) is 5.36. The molecule has 0 bridgehead atoms. The van der Waals surface area contributed by atoms with Crippen molar-refractivity contribution in [1.29, 1.82) is 0 Å². The molecule has 0 unspecified atom stereocenters. The first-order valence-electron chi connectivity index (χ1n) is 8.07. The summed E-state index contributed by atoms with van der Waals surface area (Å²) >= 11 is 15.4. The van der Waals surface area contributed by atoms with Gasteiger partial charge in [0.25, 0.3) is 0 Å². The van der Waals surface area contributed by atoms with Crippen molar-refractivity contribution >= 4 is 62.2 Å². The molecule has 28 heavy (non-hydrogen) atoms. The number of hydrogen-bond donors (Lipinski definition) is 1. The van der Waals surface area contributed by atoms with E-state index >= 15 is 0 Å². The van der Waals surface area contributed by atoms with E-state index in [0.29, 0.717) is 27.1 Å². The molecule has 0 fully saturated rings. The fourth-order valence-corrected chi connectivity index (χ4v) is 3.17. The smallest absolute Gasteiger partial charge is 0.307 e. The molecular weight excluding hydrogens is 467 g/mol. The molecule has 4 rings (SSSR count). The molecule has 0 atom stereocenters. The number of furan rings is 2. The minimum Gasteiger partial charge on any atom is -0.455 e. The number of hydrogen-bond acceptors (Lipinski definition) is 4. The van der Waals surface area contributed by atoms with Crippen LogP contribution in [-0.2, 0) is 0 Å². The normalized spacial score (nSPS) is 11.4. The molecule has 5 nitrogen and oxygen atoms in total. The lowest BCUT2D eigenvalue weighted by Gasteiger charge is -1.99. The third kappa shape index (κ3) is 3.99. The highest BCUT2D eigenvalue weighted by Crippen LogP contribution is 2.29. The van der Waals surface area contributed by atoms with Crippen molar-refractivity contribution in [2.24, 2.45) is 5.10 Å². The summed E-state index contributed by atoms with van der Waals surface area (Å²) in [5, 5.41) is 5.80. The molecule has 0 aliphatic carbocycles. The van der Waals surface area contributed by atoms with Crippen LogP contribution in [0, 0.1) is 0 Å². The molecule has 2 aromatic carbocycles. The number of hydrazone groups is 1. The van der Waals surface area contributed by atoms with E-state index in [9.17, 15) is 4.79 Å². The van der Waals surface area contributed by atoms with Crippen LogP contribution in [0.3, 0.4) is 0 Å². The predicted octanol–water partition coefficient (Wildman–Crippen LogP) is 6.53. The zero-order valence-electron chi connectivity index (χ0n) is 14.1. The van der Waals surface area contributed by atoms with Crippen molar-refractivity contribution in [2.75, 3.05) is 0 Å². The maximum Gasteiger partial charge on any atom is 0.307 e. The Morgan fingerprint density at radius 3 is 2.71 bits per heavy atom. The lowest BCUT2D eigenvalue weighted by Crippen LogP contribution is -2.16. The van der Waals surface area contributed by atoms with Crippen molar-refractivity contribution < 1.29 is 13.6 Å². The lowest BCUT2D eigenvalue weighted by atomic mass is 10.2. The van der Waals surface area contributed by atoms with E-state index in [1.165, 1.54) is 6.21 Å². The molecule has 0 saturated carbocycles. The zero-order valence-corrected chi connectivity index (χ0v) is 17.2. The van der Waals surface area contributed by atoms with E-state index < -0.39 is 5.91 Å². The summed E-state index contributed by atoms with van der Waals surface area (Å²) in [5.74, 6) is 0.774. The Bertz CT molecular complexity index is 1210. The maximum absolute atomic E-state index is 12.2. The van der Waals surface area contributed by atoms with Gasteiger partial charge in [-0.05, 0) is 64.5 Å². The Morgan fingerprint density at radius 1 is 1.04 bits per heavy atom. The topological polar surface area (TPSA) is 67.7 Å². The Balaban J connectivity index is 1.45. The van der Waals surface area contributed by atoms with Gasteiger partial charge < -0.3 is 8.83 Å². The highest BCUT2D eigenvalue weighted by molar-refractivity contribution is 9.10. The first-order valence-corrected chi connectivity index (χ1v) is 9.62. The highest BCUT2D eigenvalue weighted by atomic mass is 79.9. The molecule has 1 amide bonds. The van der Waals surface area contributed by atoms with E-state index in [-0.39, 0.29) is 5.76 Å². The van der Waals surface area contributed by atoms with Crippen LogP contribution in [-0.4, -0.2) is 12.1 Å². The van der Waals surface area contributed by atoms with Crippen LogP contribution in [0.25, 0.3) is 22.3 Å². The van der Waals surface area contributed by atoms with Crippen molar-refractivity contribution in [3.05, 3.63) is 80.6 Å². The average Bonchev–Trinajstić information content (AvgIpc) is 3.30. The molecule has 8 heteroatoms. The Labute approximate surface area is 178 Å². The number of carbonyl (C=O) groups is 1. The third-order valence-electron chi connectivity index (χ3n) is 3.89. The number of benzene rings is 2. The second-order valence-electron chi connectivity index (χ2n) is 5.82. The minimum absolute atomic E-state index is 0.138. The summed E-state index contributed by atoms with van der Waals surface area (Å²) in [7, 11) is 0. The molecule has 1 N–H and O–H groups in total. The lowest BCUT2D eigenvalue weighted by molar-refractivity contribution is 0.0929. The van der Waals surface area contributed by atoms with Crippen LogP contribution in [0.2, 0.25) is 10.0 Å². The molecule has 4 aromatic rings. The SMILES string of the molecule is O=C(N/N=C/c1ccc(-c2ccc(Br)c(Cl)c2)o1)c1cc2cc(Cl)ccc2o1. The van der Waals surface area contributed by atoms with Gasteiger partial charge in [-0.1, -0.05) is 29.3 Å². The summed E-state index contributed by atoms with van der Waals surface area (Å²) < 4.78 is 12.0. The van der Waals surface area contributed by atoms with Gasteiger partial charge in [0.2, 0.25) is 0 Å². The number of nitrogens with one attached hydrogen (secondary N) is 1. The van der Waals surface area contributed by atoms with E-state index in [2.05, 4.69) is 26.5 Å². The molecule has 140 valence electrons. The quantitative estimate of drug-likeness (QED) is 0.268. The van der Waals surface area contributed by atoms with Gasteiger partial charge in [-0.3, -0.25) is 4.79 Å². The molecule has 2 heterocycles. The minimum atomic E-state index is -0.477. The fourth-order valence-electron chi connectivity index (χ4n) is 2.56. The van der Waals surface area contributed by atoms with Gasteiger partial charge in [0.15, 0.2) is 5.76 Å². The van der Waals surface area contributed by atoms with Crippen molar-refractivity contribution in [3.63, 3.8) is 0 Å². The first-order chi connectivity index (χ1) is 13.5. The second kappa shape index (κ2) is 7.83. The molecule has 0 saturated heterocycles. The monoisotopic (exact) mass is 476 g/mol. The molecule has 0 radical (unpaired) electrons. The average molecular weight is 478 g/mol. The van der Waals surface area contributed by atoms with Crippen LogP contribution >= 0.6 is 39.1 Å². The van der Waals surface area contributed by atoms with E-state index in [1.807, 2.05) is 12.1 Å². The Kier molecular flexibility index (Phi) is 5.26. The Hall–Kier alpha value is -2.54. The van der Waals surface area contributed by atoms with E-state index in [4.69, 9.17) is 32.0 Å². The van der Waals surface area contributed by atoms with Gasteiger partial charge in [-0.2, -0.15) is 5.10 Å². The molecule has 2 aromatic heterocycles. The van der Waals surface area contributed by atoms with Crippen molar-refractivity contribution in [1.82, 2.24) is 5.43 Å². The predicted molar refractivity (Wildman–Crippen MR) is 113 cm³/mol. The van der Waals surface area contributed by atoms with Gasteiger partial charge in [-0.25, -0.2) is 5.43 Å². The van der Waals surface area contributed by atoms with E-state index in [0.717, 1.165) is 15.4 Å². The zero-order chi connectivity index (χ0) is 19.7. The molecule has 0 aliphatic heterocycles. The number of amides is 1. The van der Waals surface area contributed by atoms with Crippen LogP contribution < -0.4 is 5.43 Å². The largest absolute Gasteiger partial charge is 0.455 e. The van der Waals surface area contributed by atoms with Crippen LogP contribution in [0.15, 0.2) is 73.0 Å². The first kappa shape index (κ1) is 18.8. The van der Waals surface area contributed by atoms with Gasteiger partial charge in [0.05, 0.1) is 11.2 Å². The van der Waals surface area contributed by atoms with Crippen molar-refractivity contribution in [2.45, 2.75) is 0 Å². The highest BCUT2D eigenvalue weighted by Gasteiger charge is 2.12. The maximum atomic E-state index is 12.2. The van der Waals surface area contributed by atoms with Gasteiger partial charge in [-0.15, -0.1) is 0 Å². The van der Waals surface area contributed by atoms with Crippen LogP contribution in [0.4, 0.5) is 0 Å². The van der Waals surface area contributed by atoms with Crippen molar-refractivity contribution in [3.8, 4) is 11.3 Å². The van der Waals surface area contributed by atoms with E-state index in [1.54, 1.807) is 42.5 Å². The summed E-state index contributed by atoms with van der Waals surface area (Å²) in [6.45, 7) is 0. The number of carbonyl (C=O) groups excluding carboxylic acids is 1. The van der Waals surface area contributed by atoms with Gasteiger partial charge in [0, 0.05) is 20.4 Å².